The molecule has 1 aliphatic rings. The molecule has 33 heavy (non-hydrogen) atoms. The highest BCUT2D eigenvalue weighted by Gasteiger charge is 2.33. The molecule has 6 nitrogen and oxygen atoms in total. The Balaban J connectivity index is 1.86. The summed E-state index contributed by atoms with van der Waals surface area (Å²) in [4.78, 5) is 18.1. The molecule has 0 saturated carbocycles. The van der Waals surface area contributed by atoms with Crippen LogP contribution >= 0.6 is 0 Å². The second-order valence-electron chi connectivity index (χ2n) is 8.05. The van der Waals surface area contributed by atoms with Crippen LogP contribution in [-0.4, -0.2) is 36.3 Å². The molecule has 5 rings (SSSR count). The summed E-state index contributed by atoms with van der Waals surface area (Å²) in [5.74, 6) is 0.982. The third-order valence-corrected chi connectivity index (χ3v) is 6.37. The van der Waals surface area contributed by atoms with Gasteiger partial charge in [0.15, 0.2) is 11.5 Å². The molecule has 1 aliphatic heterocycles. The fourth-order valence-corrected chi connectivity index (χ4v) is 4.91. The number of rotatable bonds is 5. The van der Waals surface area contributed by atoms with E-state index in [4.69, 9.17) is 14.2 Å². The maximum atomic E-state index is 13.4. The van der Waals surface area contributed by atoms with Gasteiger partial charge in [-0.2, -0.15) is 0 Å². The van der Waals surface area contributed by atoms with Crippen LogP contribution in [0.25, 0.3) is 33.3 Å². The van der Waals surface area contributed by atoms with Crippen LogP contribution in [0.4, 0.5) is 0 Å². The SMILES string of the molecule is CCOC(=O)c1c(-c2cccc3cccnc23)c(C)n2c1-c1cc(OC)c(OC)cc1CC2. The van der Waals surface area contributed by atoms with Crippen LogP contribution < -0.4 is 9.47 Å². The molecule has 6 heteroatoms. The number of aromatic nitrogens is 2. The molecule has 168 valence electrons. The van der Waals surface area contributed by atoms with Crippen LogP contribution in [0.2, 0.25) is 0 Å². The van der Waals surface area contributed by atoms with Gasteiger partial charge in [0, 0.05) is 40.5 Å². The van der Waals surface area contributed by atoms with E-state index in [9.17, 15) is 4.79 Å². The summed E-state index contributed by atoms with van der Waals surface area (Å²) < 4.78 is 18.9. The van der Waals surface area contributed by atoms with Gasteiger partial charge in [-0.3, -0.25) is 4.98 Å². The molecule has 0 radical (unpaired) electrons. The highest BCUT2D eigenvalue weighted by Crippen LogP contribution is 2.46. The van der Waals surface area contributed by atoms with Crippen molar-refractivity contribution in [2.45, 2.75) is 26.8 Å². The monoisotopic (exact) mass is 442 g/mol. The molecular formula is C27H26N2O4. The summed E-state index contributed by atoms with van der Waals surface area (Å²) in [6.07, 6.45) is 2.61. The summed E-state index contributed by atoms with van der Waals surface area (Å²) in [7, 11) is 3.26. The summed E-state index contributed by atoms with van der Waals surface area (Å²) >= 11 is 0. The highest BCUT2D eigenvalue weighted by atomic mass is 16.5. The van der Waals surface area contributed by atoms with Gasteiger partial charge < -0.3 is 18.8 Å². The third-order valence-electron chi connectivity index (χ3n) is 6.37. The number of esters is 1. The molecular weight excluding hydrogens is 416 g/mol. The first-order valence-electron chi connectivity index (χ1n) is 11.1. The lowest BCUT2D eigenvalue weighted by Gasteiger charge is -2.23. The molecule has 0 unspecified atom stereocenters. The Hall–Kier alpha value is -3.80. The highest BCUT2D eigenvalue weighted by molar-refractivity contribution is 6.09. The maximum Gasteiger partial charge on any atom is 0.340 e. The number of aryl methyl sites for hydroxylation is 1. The van der Waals surface area contributed by atoms with Crippen molar-refractivity contribution in [2.24, 2.45) is 0 Å². The number of carbonyl (C=O) groups excluding carboxylic acids is 1. The van der Waals surface area contributed by atoms with Gasteiger partial charge in [-0.1, -0.05) is 24.3 Å². The van der Waals surface area contributed by atoms with Crippen LogP contribution in [0, 0.1) is 6.92 Å². The van der Waals surface area contributed by atoms with Crippen LogP contribution in [0.3, 0.4) is 0 Å². The summed E-state index contributed by atoms with van der Waals surface area (Å²) in [6, 6.07) is 14.0. The van der Waals surface area contributed by atoms with Crippen molar-refractivity contribution in [3.63, 3.8) is 0 Å². The van der Waals surface area contributed by atoms with Crippen molar-refractivity contribution < 1.29 is 19.0 Å². The average Bonchev–Trinajstić information content (AvgIpc) is 3.15. The molecule has 0 amide bonds. The number of para-hydroxylation sites is 1. The van der Waals surface area contributed by atoms with E-state index in [1.54, 1.807) is 20.4 Å². The zero-order valence-corrected chi connectivity index (χ0v) is 19.3. The van der Waals surface area contributed by atoms with Gasteiger partial charge in [0.05, 0.1) is 37.6 Å². The average molecular weight is 443 g/mol. The number of nitrogens with zero attached hydrogens (tertiary/aromatic N) is 2. The number of hydrogen-bond donors (Lipinski definition) is 0. The summed E-state index contributed by atoms with van der Waals surface area (Å²) in [5.41, 5.74) is 7.19. The van der Waals surface area contributed by atoms with E-state index < -0.39 is 0 Å². The minimum absolute atomic E-state index is 0.300. The predicted molar refractivity (Wildman–Crippen MR) is 128 cm³/mol. The molecule has 0 N–H and O–H groups in total. The lowest BCUT2D eigenvalue weighted by Crippen LogP contribution is -2.15. The smallest absolute Gasteiger partial charge is 0.340 e. The Morgan fingerprint density at radius 3 is 2.58 bits per heavy atom. The first kappa shape index (κ1) is 21.1. The zero-order valence-electron chi connectivity index (χ0n) is 19.3. The third kappa shape index (κ3) is 3.25. The van der Waals surface area contributed by atoms with Crippen LogP contribution in [0.5, 0.6) is 11.5 Å². The Morgan fingerprint density at radius 1 is 1.06 bits per heavy atom. The van der Waals surface area contributed by atoms with Gasteiger partial charge in [0.25, 0.3) is 0 Å². The van der Waals surface area contributed by atoms with E-state index in [0.717, 1.165) is 57.5 Å². The van der Waals surface area contributed by atoms with Crippen LogP contribution in [-0.2, 0) is 17.7 Å². The number of methoxy groups -OCH3 is 2. The van der Waals surface area contributed by atoms with Crippen molar-refractivity contribution in [3.05, 3.63) is 65.5 Å². The van der Waals surface area contributed by atoms with Crippen molar-refractivity contribution in [1.29, 1.82) is 0 Å². The largest absolute Gasteiger partial charge is 0.493 e. The maximum absolute atomic E-state index is 13.4. The number of fused-ring (bicyclic) bond motifs is 4. The Bertz CT molecular complexity index is 1380. The molecule has 0 fully saturated rings. The minimum Gasteiger partial charge on any atom is -0.493 e. The number of benzene rings is 2. The van der Waals surface area contributed by atoms with Crippen molar-refractivity contribution >= 4 is 16.9 Å². The molecule has 0 spiro atoms. The van der Waals surface area contributed by atoms with Crippen LogP contribution in [0.1, 0.15) is 28.5 Å². The summed E-state index contributed by atoms with van der Waals surface area (Å²) in [6.45, 7) is 4.95. The summed E-state index contributed by atoms with van der Waals surface area (Å²) in [5, 5.41) is 1.03. The van der Waals surface area contributed by atoms with Gasteiger partial charge in [0.1, 0.15) is 0 Å². The predicted octanol–water partition coefficient (Wildman–Crippen LogP) is 5.43. The number of hydrogen-bond acceptors (Lipinski definition) is 5. The van der Waals surface area contributed by atoms with E-state index in [2.05, 4.69) is 16.5 Å². The normalized spacial score (nSPS) is 12.2. The van der Waals surface area contributed by atoms with E-state index in [-0.39, 0.29) is 5.97 Å². The molecule has 2 aromatic carbocycles. The number of pyridine rings is 1. The first-order chi connectivity index (χ1) is 16.1. The number of carbonyl (C=O) groups is 1. The fraction of sp³-hybridized carbons (Fsp3) is 0.259. The molecule has 2 aromatic heterocycles. The second-order valence-corrected chi connectivity index (χ2v) is 8.05. The Kier molecular flexibility index (Phi) is 5.29. The van der Waals surface area contributed by atoms with Gasteiger partial charge in [-0.15, -0.1) is 0 Å². The van der Waals surface area contributed by atoms with Gasteiger partial charge in [-0.05, 0) is 44.0 Å². The Morgan fingerprint density at radius 2 is 1.82 bits per heavy atom. The van der Waals surface area contributed by atoms with Crippen molar-refractivity contribution in [1.82, 2.24) is 9.55 Å². The lowest BCUT2D eigenvalue weighted by atomic mass is 9.92. The van der Waals surface area contributed by atoms with E-state index >= 15 is 0 Å². The lowest BCUT2D eigenvalue weighted by molar-refractivity contribution is 0.0528. The van der Waals surface area contributed by atoms with E-state index in [0.29, 0.717) is 23.7 Å². The molecule has 0 saturated heterocycles. The van der Waals surface area contributed by atoms with Crippen molar-refractivity contribution in [2.75, 3.05) is 20.8 Å². The van der Waals surface area contributed by atoms with E-state index in [1.165, 1.54) is 0 Å². The zero-order chi connectivity index (χ0) is 23.1. The topological polar surface area (TPSA) is 62.6 Å². The molecule has 0 atom stereocenters. The van der Waals surface area contributed by atoms with E-state index in [1.807, 2.05) is 49.4 Å². The fourth-order valence-electron chi connectivity index (χ4n) is 4.91. The minimum atomic E-state index is -0.333. The quantitative estimate of drug-likeness (QED) is 0.386. The first-order valence-corrected chi connectivity index (χ1v) is 11.1. The number of ether oxygens (including phenoxy) is 3. The van der Waals surface area contributed by atoms with Gasteiger partial charge in [-0.25, -0.2) is 4.79 Å². The molecule has 4 aromatic rings. The van der Waals surface area contributed by atoms with Gasteiger partial charge >= 0.3 is 5.97 Å². The standard InChI is InChI=1S/C27H26N2O4/c1-5-33-27(30)24-23(19-10-6-8-17-9-7-12-28-25(17)19)16(2)29-13-11-18-14-21(31-3)22(32-4)15-20(18)26(24)29/h6-10,12,14-15H,5,11,13H2,1-4H3. The molecule has 3 heterocycles. The molecule has 0 aliphatic carbocycles. The second kappa shape index (κ2) is 8.28. The van der Waals surface area contributed by atoms with Gasteiger partial charge in [0.2, 0.25) is 0 Å². The Labute approximate surface area is 192 Å². The van der Waals surface area contributed by atoms with Crippen LogP contribution in [0.15, 0.2) is 48.7 Å². The molecule has 0 bridgehead atoms. The van der Waals surface area contributed by atoms with Crippen molar-refractivity contribution in [3.8, 4) is 33.9 Å².